The maximum absolute atomic E-state index is 6.11. The Morgan fingerprint density at radius 2 is 1.95 bits per heavy atom. The maximum atomic E-state index is 6.11. The lowest BCUT2D eigenvalue weighted by molar-refractivity contribution is 0.414. The van der Waals surface area contributed by atoms with Gasteiger partial charge in [-0.05, 0) is 42.3 Å². The van der Waals surface area contributed by atoms with E-state index in [0.29, 0.717) is 10.8 Å². The van der Waals surface area contributed by atoms with Crippen molar-refractivity contribution in [3.8, 4) is 5.75 Å². The van der Waals surface area contributed by atoms with Crippen molar-refractivity contribution in [1.29, 1.82) is 0 Å². The first kappa shape index (κ1) is 14.4. The Morgan fingerprint density at radius 1 is 1.14 bits per heavy atom. The summed E-state index contributed by atoms with van der Waals surface area (Å²) in [5.41, 5.74) is 1.14. The van der Waals surface area contributed by atoms with Gasteiger partial charge in [-0.25, -0.2) is 0 Å². The first-order valence-corrected chi connectivity index (χ1v) is 7.91. The van der Waals surface area contributed by atoms with Gasteiger partial charge in [0.25, 0.3) is 0 Å². The molecule has 3 aromatic rings. The third kappa shape index (κ3) is 2.77. The number of thiophene rings is 1. The van der Waals surface area contributed by atoms with E-state index in [1.54, 1.807) is 18.4 Å². The van der Waals surface area contributed by atoms with Crippen LogP contribution in [0.5, 0.6) is 5.75 Å². The van der Waals surface area contributed by atoms with Crippen molar-refractivity contribution >= 4 is 33.0 Å². The molecule has 1 heterocycles. The Hall–Kier alpha value is -1.55. The number of ether oxygens (including phenoxy) is 1. The van der Waals surface area contributed by atoms with Crippen LogP contribution in [0.25, 0.3) is 10.1 Å². The number of benzene rings is 2. The topological polar surface area (TPSA) is 21.3 Å². The molecular formula is C17H16ClNOS. The van der Waals surface area contributed by atoms with Gasteiger partial charge in [0.1, 0.15) is 5.75 Å². The number of fused-ring (bicyclic) bond motifs is 1. The molecule has 0 aliphatic rings. The summed E-state index contributed by atoms with van der Waals surface area (Å²) in [6, 6.07) is 16.7. The highest BCUT2D eigenvalue weighted by Gasteiger charge is 2.16. The van der Waals surface area contributed by atoms with Gasteiger partial charge >= 0.3 is 0 Å². The van der Waals surface area contributed by atoms with Crippen LogP contribution in [0.4, 0.5) is 0 Å². The molecule has 0 amide bonds. The molecule has 0 bridgehead atoms. The van der Waals surface area contributed by atoms with E-state index in [9.17, 15) is 0 Å². The molecule has 1 aromatic heterocycles. The molecule has 0 fully saturated rings. The lowest BCUT2D eigenvalue weighted by Gasteiger charge is -2.16. The van der Waals surface area contributed by atoms with Gasteiger partial charge in [0.15, 0.2) is 0 Å². The second kappa shape index (κ2) is 6.06. The molecule has 21 heavy (non-hydrogen) atoms. The van der Waals surface area contributed by atoms with Crippen LogP contribution in [0.1, 0.15) is 16.5 Å². The summed E-state index contributed by atoms with van der Waals surface area (Å²) in [6.07, 6.45) is 0. The van der Waals surface area contributed by atoms with E-state index in [1.165, 1.54) is 15.0 Å². The van der Waals surface area contributed by atoms with Gasteiger partial charge in [0.05, 0.1) is 18.2 Å². The van der Waals surface area contributed by atoms with Crippen LogP contribution < -0.4 is 10.1 Å². The van der Waals surface area contributed by atoms with Crippen molar-refractivity contribution < 1.29 is 4.74 Å². The summed E-state index contributed by atoms with van der Waals surface area (Å²) in [5, 5.41) is 5.29. The molecule has 0 saturated carbocycles. The van der Waals surface area contributed by atoms with Crippen molar-refractivity contribution in [2.24, 2.45) is 0 Å². The van der Waals surface area contributed by atoms with E-state index in [1.807, 2.05) is 25.2 Å². The Kier molecular flexibility index (Phi) is 4.15. The fourth-order valence-corrected chi connectivity index (χ4v) is 3.87. The minimum absolute atomic E-state index is 0.133. The van der Waals surface area contributed by atoms with Crippen LogP contribution in [0.3, 0.4) is 0 Å². The SMILES string of the molecule is CNC(c1ccc(Cl)c(OC)c1)c1cc2ccccc2s1. The zero-order valence-corrected chi connectivity index (χ0v) is 13.5. The lowest BCUT2D eigenvalue weighted by Crippen LogP contribution is -2.16. The average molecular weight is 318 g/mol. The van der Waals surface area contributed by atoms with Crippen molar-refractivity contribution in [1.82, 2.24) is 5.32 Å². The van der Waals surface area contributed by atoms with Gasteiger partial charge in [0.2, 0.25) is 0 Å². The summed E-state index contributed by atoms with van der Waals surface area (Å²) in [6.45, 7) is 0. The van der Waals surface area contributed by atoms with Crippen molar-refractivity contribution in [3.63, 3.8) is 0 Å². The van der Waals surface area contributed by atoms with Gasteiger partial charge in [-0.2, -0.15) is 0 Å². The summed E-state index contributed by atoms with van der Waals surface area (Å²) in [4.78, 5) is 1.28. The van der Waals surface area contributed by atoms with Crippen LogP contribution in [-0.2, 0) is 0 Å². The number of rotatable bonds is 4. The molecular weight excluding hydrogens is 302 g/mol. The van der Waals surface area contributed by atoms with Crippen LogP contribution in [-0.4, -0.2) is 14.2 Å². The standard InChI is InChI=1S/C17H16ClNOS/c1-19-17(12-7-8-13(18)14(9-12)20-2)16-10-11-5-3-4-6-15(11)21-16/h3-10,17,19H,1-2H3. The number of hydrogen-bond acceptors (Lipinski definition) is 3. The third-order valence-corrected chi connectivity index (χ3v) is 5.02. The van der Waals surface area contributed by atoms with Gasteiger partial charge in [-0.3, -0.25) is 0 Å². The quantitative estimate of drug-likeness (QED) is 0.741. The smallest absolute Gasteiger partial charge is 0.137 e. The molecule has 0 spiro atoms. The lowest BCUT2D eigenvalue weighted by atomic mass is 10.0. The minimum atomic E-state index is 0.133. The summed E-state index contributed by atoms with van der Waals surface area (Å²) < 4.78 is 6.62. The molecule has 1 atom stereocenters. The van der Waals surface area contributed by atoms with E-state index >= 15 is 0 Å². The first-order valence-electron chi connectivity index (χ1n) is 6.72. The van der Waals surface area contributed by atoms with Gasteiger partial charge in [-0.15, -0.1) is 11.3 Å². The molecule has 3 rings (SSSR count). The third-order valence-electron chi connectivity index (χ3n) is 3.53. The van der Waals surface area contributed by atoms with Crippen LogP contribution >= 0.6 is 22.9 Å². The normalized spacial score (nSPS) is 12.5. The van der Waals surface area contributed by atoms with Crippen molar-refractivity contribution in [2.75, 3.05) is 14.2 Å². The van der Waals surface area contributed by atoms with Crippen LogP contribution in [0.15, 0.2) is 48.5 Å². The van der Waals surface area contributed by atoms with E-state index in [4.69, 9.17) is 16.3 Å². The largest absolute Gasteiger partial charge is 0.495 e. The van der Waals surface area contributed by atoms with E-state index < -0.39 is 0 Å². The highest BCUT2D eigenvalue weighted by Crippen LogP contribution is 2.35. The predicted octanol–water partition coefficient (Wildman–Crippen LogP) is 4.87. The van der Waals surface area contributed by atoms with Crippen molar-refractivity contribution in [3.05, 3.63) is 64.0 Å². The molecule has 108 valence electrons. The molecule has 0 saturated heterocycles. The molecule has 1 unspecified atom stereocenters. The second-order valence-corrected chi connectivity index (χ2v) is 6.32. The van der Waals surface area contributed by atoms with Gasteiger partial charge in [0, 0.05) is 9.58 Å². The number of halogens is 1. The molecule has 0 radical (unpaired) electrons. The monoisotopic (exact) mass is 317 g/mol. The van der Waals surface area contributed by atoms with Crippen LogP contribution in [0.2, 0.25) is 5.02 Å². The first-order chi connectivity index (χ1) is 10.2. The van der Waals surface area contributed by atoms with E-state index in [0.717, 1.165) is 5.56 Å². The minimum Gasteiger partial charge on any atom is -0.495 e. The second-order valence-electron chi connectivity index (χ2n) is 4.80. The summed E-state index contributed by atoms with van der Waals surface area (Å²) in [7, 11) is 3.61. The van der Waals surface area contributed by atoms with Crippen LogP contribution in [0, 0.1) is 0 Å². The zero-order chi connectivity index (χ0) is 14.8. The molecule has 1 N–H and O–H groups in total. The Morgan fingerprint density at radius 3 is 2.67 bits per heavy atom. The highest BCUT2D eigenvalue weighted by molar-refractivity contribution is 7.19. The molecule has 0 aliphatic heterocycles. The fraction of sp³-hybridized carbons (Fsp3) is 0.176. The molecule has 2 aromatic carbocycles. The number of nitrogens with one attached hydrogen (secondary N) is 1. The Balaban J connectivity index is 2.05. The summed E-state index contributed by atoms with van der Waals surface area (Å²) >= 11 is 7.92. The Labute approximate surface area is 133 Å². The number of methoxy groups -OCH3 is 1. The molecule has 2 nitrogen and oxygen atoms in total. The average Bonchev–Trinajstić information content (AvgIpc) is 2.93. The van der Waals surface area contributed by atoms with Gasteiger partial charge < -0.3 is 10.1 Å². The maximum Gasteiger partial charge on any atom is 0.137 e. The Bertz CT molecular complexity index is 735. The summed E-state index contributed by atoms with van der Waals surface area (Å²) in [5.74, 6) is 0.704. The highest BCUT2D eigenvalue weighted by atomic mass is 35.5. The number of hydrogen-bond donors (Lipinski definition) is 1. The van der Waals surface area contributed by atoms with E-state index in [2.05, 4.69) is 35.6 Å². The predicted molar refractivity (Wildman–Crippen MR) is 90.7 cm³/mol. The fourth-order valence-electron chi connectivity index (χ4n) is 2.47. The van der Waals surface area contributed by atoms with E-state index in [-0.39, 0.29) is 6.04 Å². The van der Waals surface area contributed by atoms with Gasteiger partial charge in [-0.1, -0.05) is 35.9 Å². The molecule has 0 aliphatic carbocycles. The molecule has 4 heteroatoms. The van der Waals surface area contributed by atoms with Crippen molar-refractivity contribution in [2.45, 2.75) is 6.04 Å². The zero-order valence-electron chi connectivity index (χ0n) is 11.9.